The maximum atomic E-state index is 12.9. The fraction of sp³-hybridized carbons (Fsp3) is 0.632. The Balaban J connectivity index is 1.61. The molecule has 2 bridgehead atoms. The van der Waals surface area contributed by atoms with Crippen molar-refractivity contribution in [2.45, 2.75) is 38.3 Å². The molecule has 0 unspecified atom stereocenters. The van der Waals surface area contributed by atoms with Crippen molar-refractivity contribution in [1.29, 1.82) is 0 Å². The first-order valence-corrected chi connectivity index (χ1v) is 8.78. The van der Waals surface area contributed by atoms with E-state index in [9.17, 15) is 4.79 Å². The van der Waals surface area contributed by atoms with E-state index in [-0.39, 0.29) is 11.6 Å². The van der Waals surface area contributed by atoms with Crippen molar-refractivity contribution in [2.24, 2.45) is 11.3 Å². The minimum atomic E-state index is -0.459. The lowest BCUT2D eigenvalue weighted by molar-refractivity contribution is -0.175. The quantitative estimate of drug-likeness (QED) is 0.633. The van der Waals surface area contributed by atoms with E-state index in [1.165, 1.54) is 5.56 Å². The molecular formula is C19H25NO3. The van der Waals surface area contributed by atoms with Crippen LogP contribution in [0.1, 0.15) is 31.7 Å². The monoisotopic (exact) mass is 315 g/mol. The van der Waals surface area contributed by atoms with Crippen LogP contribution in [0.3, 0.4) is 0 Å². The number of nitrogens with zero attached hydrogens (tertiary/aromatic N) is 1. The largest absolute Gasteiger partial charge is 0.465 e. The molecule has 0 radical (unpaired) electrons. The molecule has 2 heterocycles. The Morgan fingerprint density at radius 2 is 2.17 bits per heavy atom. The van der Waals surface area contributed by atoms with Gasteiger partial charge in [-0.1, -0.05) is 36.8 Å². The number of benzene rings is 1. The summed E-state index contributed by atoms with van der Waals surface area (Å²) in [5, 5.41) is 0. The maximum absolute atomic E-state index is 12.9. The fourth-order valence-corrected chi connectivity index (χ4v) is 4.86. The third-order valence-corrected chi connectivity index (χ3v) is 5.97. The van der Waals surface area contributed by atoms with Crippen LogP contribution < -0.4 is 0 Å². The van der Waals surface area contributed by atoms with Crippen molar-refractivity contribution in [1.82, 2.24) is 4.90 Å². The SMILES string of the molecule is CCOC(=O)[C@]12CCC[C@H](CN(Cc3ccccc3)C1)[C@@]21CO1. The van der Waals surface area contributed by atoms with Crippen molar-refractivity contribution < 1.29 is 14.3 Å². The highest BCUT2D eigenvalue weighted by Crippen LogP contribution is 2.60. The van der Waals surface area contributed by atoms with E-state index in [4.69, 9.17) is 9.47 Å². The number of hydrogen-bond donors (Lipinski definition) is 0. The van der Waals surface area contributed by atoms with Crippen molar-refractivity contribution in [3.8, 4) is 0 Å². The number of epoxide rings is 1. The van der Waals surface area contributed by atoms with Crippen LogP contribution in [0.5, 0.6) is 0 Å². The van der Waals surface area contributed by atoms with E-state index in [0.717, 1.165) is 45.5 Å². The van der Waals surface area contributed by atoms with Gasteiger partial charge in [-0.3, -0.25) is 9.69 Å². The van der Waals surface area contributed by atoms with Crippen LogP contribution >= 0.6 is 0 Å². The first-order valence-electron chi connectivity index (χ1n) is 8.78. The molecule has 3 fully saturated rings. The van der Waals surface area contributed by atoms with Crippen molar-refractivity contribution in [3.63, 3.8) is 0 Å². The van der Waals surface area contributed by atoms with Crippen LogP contribution in [0, 0.1) is 11.3 Å². The molecule has 4 heteroatoms. The number of likely N-dealkylation sites (tertiary alicyclic amines) is 1. The zero-order valence-corrected chi connectivity index (χ0v) is 13.8. The molecule has 0 N–H and O–H groups in total. The molecule has 2 saturated heterocycles. The normalized spacial score (nSPS) is 36.0. The summed E-state index contributed by atoms with van der Waals surface area (Å²) >= 11 is 0. The second-order valence-corrected chi connectivity index (χ2v) is 7.23. The topological polar surface area (TPSA) is 42.1 Å². The zero-order valence-electron chi connectivity index (χ0n) is 13.8. The van der Waals surface area contributed by atoms with Gasteiger partial charge in [-0.15, -0.1) is 0 Å². The van der Waals surface area contributed by atoms with Crippen LogP contribution in [0.25, 0.3) is 0 Å². The van der Waals surface area contributed by atoms with E-state index in [0.29, 0.717) is 12.5 Å². The summed E-state index contributed by atoms with van der Waals surface area (Å²) in [5.41, 5.74) is 0.612. The highest BCUT2D eigenvalue weighted by atomic mass is 16.6. The molecule has 1 aromatic rings. The Kier molecular flexibility index (Phi) is 3.69. The smallest absolute Gasteiger partial charge is 0.316 e. The maximum Gasteiger partial charge on any atom is 0.316 e. The molecule has 3 atom stereocenters. The van der Waals surface area contributed by atoms with Crippen LogP contribution in [-0.2, 0) is 20.8 Å². The molecule has 1 aromatic carbocycles. The summed E-state index contributed by atoms with van der Waals surface area (Å²) in [6.07, 6.45) is 3.16. The highest BCUT2D eigenvalue weighted by Gasteiger charge is 2.72. The Labute approximate surface area is 137 Å². The third-order valence-electron chi connectivity index (χ3n) is 5.97. The third kappa shape index (κ3) is 2.31. The van der Waals surface area contributed by atoms with Crippen molar-refractivity contribution >= 4 is 5.97 Å². The van der Waals surface area contributed by atoms with Gasteiger partial charge in [0.25, 0.3) is 0 Å². The van der Waals surface area contributed by atoms with Gasteiger partial charge in [0.2, 0.25) is 0 Å². The Hall–Kier alpha value is -1.39. The van der Waals surface area contributed by atoms with Gasteiger partial charge in [0.15, 0.2) is 0 Å². The number of piperidine rings is 1. The summed E-state index contributed by atoms with van der Waals surface area (Å²) < 4.78 is 11.4. The van der Waals surface area contributed by atoms with Crippen LogP contribution in [0.15, 0.2) is 30.3 Å². The molecular weight excluding hydrogens is 290 g/mol. The summed E-state index contributed by atoms with van der Waals surface area (Å²) in [4.78, 5) is 15.3. The molecule has 3 aliphatic rings. The van der Waals surface area contributed by atoms with Gasteiger partial charge in [-0.05, 0) is 25.3 Å². The minimum Gasteiger partial charge on any atom is -0.465 e. The Morgan fingerprint density at radius 1 is 1.39 bits per heavy atom. The summed E-state index contributed by atoms with van der Waals surface area (Å²) in [6, 6.07) is 10.5. The second-order valence-electron chi connectivity index (χ2n) is 7.23. The van der Waals surface area contributed by atoms with E-state index < -0.39 is 5.41 Å². The van der Waals surface area contributed by atoms with E-state index in [1.54, 1.807) is 0 Å². The van der Waals surface area contributed by atoms with Gasteiger partial charge in [0, 0.05) is 25.6 Å². The second kappa shape index (κ2) is 5.60. The van der Waals surface area contributed by atoms with E-state index >= 15 is 0 Å². The highest BCUT2D eigenvalue weighted by molar-refractivity contribution is 5.80. The molecule has 1 saturated carbocycles. The average molecular weight is 315 g/mol. The lowest BCUT2D eigenvalue weighted by Gasteiger charge is -2.52. The van der Waals surface area contributed by atoms with Gasteiger partial charge < -0.3 is 9.47 Å². The molecule has 4 nitrogen and oxygen atoms in total. The van der Waals surface area contributed by atoms with E-state index in [2.05, 4.69) is 29.2 Å². The average Bonchev–Trinajstić information content (AvgIpc) is 3.31. The number of carbonyl (C=O) groups excluding carboxylic acids is 1. The predicted molar refractivity (Wildman–Crippen MR) is 86.8 cm³/mol. The Morgan fingerprint density at radius 3 is 2.87 bits per heavy atom. The van der Waals surface area contributed by atoms with Crippen molar-refractivity contribution in [2.75, 3.05) is 26.3 Å². The Bertz CT molecular complexity index is 584. The lowest BCUT2D eigenvalue weighted by Crippen LogP contribution is -2.64. The van der Waals surface area contributed by atoms with Crippen molar-refractivity contribution in [3.05, 3.63) is 35.9 Å². The number of carbonyl (C=O) groups is 1. The van der Waals surface area contributed by atoms with Gasteiger partial charge in [0.1, 0.15) is 11.0 Å². The summed E-state index contributed by atoms with van der Waals surface area (Å²) in [5.74, 6) is 0.415. The van der Waals surface area contributed by atoms with Gasteiger partial charge in [0.05, 0.1) is 13.2 Å². The molecule has 124 valence electrons. The van der Waals surface area contributed by atoms with Crippen LogP contribution in [0.2, 0.25) is 0 Å². The molecule has 1 spiro atoms. The molecule has 1 aliphatic carbocycles. The molecule has 4 rings (SSSR count). The number of ether oxygens (including phenoxy) is 2. The lowest BCUT2D eigenvalue weighted by atomic mass is 9.58. The molecule has 0 aromatic heterocycles. The minimum absolute atomic E-state index is 0.0417. The number of hydrogen-bond acceptors (Lipinski definition) is 4. The number of rotatable bonds is 4. The molecule has 2 aliphatic heterocycles. The summed E-state index contributed by atoms with van der Waals surface area (Å²) in [6.45, 7) is 5.75. The van der Waals surface area contributed by atoms with Crippen LogP contribution in [-0.4, -0.2) is 42.8 Å². The zero-order chi connectivity index (χ0) is 15.9. The molecule has 23 heavy (non-hydrogen) atoms. The summed E-state index contributed by atoms with van der Waals surface area (Å²) in [7, 11) is 0. The van der Waals surface area contributed by atoms with Gasteiger partial charge in [-0.2, -0.15) is 0 Å². The predicted octanol–water partition coefficient (Wildman–Crippen LogP) is 2.62. The standard InChI is InChI=1S/C19H25NO3/c1-2-22-17(21)18-10-6-9-16(19(18)14-23-19)12-20(13-18)11-15-7-4-3-5-8-15/h3-5,7-8,16H,2,6,9-14H2,1H3/t16-,18+,19+/m1/s1. The van der Waals surface area contributed by atoms with Gasteiger partial charge >= 0.3 is 5.97 Å². The number of esters is 1. The van der Waals surface area contributed by atoms with E-state index in [1.807, 2.05) is 13.0 Å². The fourth-order valence-electron chi connectivity index (χ4n) is 4.86. The van der Waals surface area contributed by atoms with Crippen LogP contribution in [0.4, 0.5) is 0 Å². The first kappa shape index (κ1) is 15.2. The van der Waals surface area contributed by atoms with Gasteiger partial charge in [-0.25, -0.2) is 0 Å². The first-order chi connectivity index (χ1) is 11.2. The molecule has 0 amide bonds.